The molecule has 1 saturated heterocycles. The van der Waals surface area contributed by atoms with Gasteiger partial charge >= 0.3 is 5.97 Å². The Bertz CT molecular complexity index is 1370. The summed E-state index contributed by atoms with van der Waals surface area (Å²) < 4.78 is 27.5. The fourth-order valence-corrected chi connectivity index (χ4v) is 4.60. The molecule has 2 heterocycles. The second-order valence-corrected chi connectivity index (χ2v) is 8.48. The maximum atomic E-state index is 12.1. The van der Waals surface area contributed by atoms with Gasteiger partial charge in [0.2, 0.25) is 13.1 Å². The summed E-state index contributed by atoms with van der Waals surface area (Å²) >= 11 is 0. The number of hydrogen-bond acceptors (Lipinski definition) is 12. The molecule has 3 aromatic carbocycles. The Morgan fingerprint density at radius 1 is 1.08 bits per heavy atom. The van der Waals surface area contributed by atoms with Crippen LogP contribution in [0.1, 0.15) is 10.4 Å². The van der Waals surface area contributed by atoms with Gasteiger partial charge in [0.1, 0.15) is 24.4 Å². The van der Waals surface area contributed by atoms with E-state index in [2.05, 4.69) is 0 Å². The number of methoxy groups -OCH3 is 1. The third kappa shape index (κ3) is 4.05. The van der Waals surface area contributed by atoms with Crippen molar-refractivity contribution in [3.8, 4) is 23.0 Å². The molecule has 0 saturated carbocycles. The zero-order valence-corrected chi connectivity index (χ0v) is 19.2. The largest absolute Gasteiger partial charge is 0.595 e. The normalized spacial score (nSPS) is 25.9. The van der Waals surface area contributed by atoms with E-state index >= 15 is 0 Å². The molecule has 5 rings (SSSR count). The van der Waals surface area contributed by atoms with E-state index < -0.39 is 48.5 Å². The number of hydrogen-bond donors (Lipinski definition) is 7. The third-order valence-corrected chi connectivity index (χ3v) is 6.39. The van der Waals surface area contributed by atoms with Crippen LogP contribution in [0.3, 0.4) is 0 Å². The molecule has 0 bridgehead atoms. The number of aromatic carboxylic acids is 1. The molecule has 0 spiro atoms. The van der Waals surface area contributed by atoms with Crippen LogP contribution in [0, 0.1) is 5.21 Å². The van der Waals surface area contributed by atoms with Crippen LogP contribution in [0.2, 0.25) is 0 Å². The summed E-state index contributed by atoms with van der Waals surface area (Å²) in [5.41, 5.74) is -0.603. The van der Waals surface area contributed by atoms with E-state index in [1.165, 1.54) is 31.4 Å². The smallest absolute Gasteiger partial charge is 0.336 e. The average Bonchev–Trinajstić information content (AvgIpc) is 3.36. The van der Waals surface area contributed by atoms with Gasteiger partial charge in [-0.25, -0.2) is 10.0 Å². The summed E-state index contributed by atoms with van der Waals surface area (Å²) in [7, 11) is 1.32. The maximum absolute atomic E-state index is 12.1. The zero-order chi connectivity index (χ0) is 26.6. The fourth-order valence-electron chi connectivity index (χ4n) is 4.60. The number of fused-ring (bicyclic) bond motifs is 5. The number of nitrogens with one attached hydrogen (secondary N) is 1. The van der Waals surface area contributed by atoms with Crippen LogP contribution < -0.4 is 24.2 Å². The van der Waals surface area contributed by atoms with E-state index in [-0.39, 0.29) is 51.8 Å². The molecule has 1 unspecified atom stereocenters. The molecule has 0 radical (unpaired) electrons. The minimum absolute atomic E-state index is 0.0305. The van der Waals surface area contributed by atoms with Crippen molar-refractivity contribution in [3.05, 3.63) is 35.0 Å². The topological polar surface area (TPSA) is 212 Å². The lowest BCUT2D eigenvalue weighted by Crippen LogP contribution is -2.99. The van der Waals surface area contributed by atoms with Gasteiger partial charge in [-0.15, -0.1) is 0 Å². The first-order chi connectivity index (χ1) is 17.7. The third-order valence-electron chi connectivity index (χ3n) is 6.39. The van der Waals surface area contributed by atoms with Crippen molar-refractivity contribution >= 4 is 33.2 Å². The monoisotopic (exact) mass is 521 g/mol. The van der Waals surface area contributed by atoms with Crippen LogP contribution in [0.5, 0.6) is 23.0 Å². The van der Waals surface area contributed by atoms with Gasteiger partial charge in [0.05, 0.1) is 24.7 Å². The van der Waals surface area contributed by atoms with Gasteiger partial charge in [-0.05, 0) is 29.0 Å². The predicted molar refractivity (Wildman–Crippen MR) is 121 cm³/mol. The number of ether oxygens (including phenoxy) is 5. The molecule has 0 amide bonds. The number of carbonyl (C=O) groups is 1. The summed E-state index contributed by atoms with van der Waals surface area (Å²) in [5.74, 6) is -1.07. The number of quaternary nitrogens is 1. The van der Waals surface area contributed by atoms with Crippen LogP contribution in [-0.2, 0) is 4.74 Å². The van der Waals surface area contributed by atoms with Gasteiger partial charge in [-0.3, -0.25) is 0 Å². The van der Waals surface area contributed by atoms with E-state index in [1.807, 2.05) is 0 Å². The van der Waals surface area contributed by atoms with Crippen LogP contribution in [0.15, 0.2) is 24.3 Å². The summed E-state index contributed by atoms with van der Waals surface area (Å²) in [6.45, 7) is -0.875. The standard InChI is InChI=1S/C23H23NO13/c1-33-12-3-8-2-11(24(31)32)16-10(22(29)30)5-14-21(35-7-34-14)17(16)9(8)4-13(12)36-23-20(28)19(27)18(26)15(6-25)37-23/h2-5,15,18-20,23-28,31H,6-7H2,1H3,(H,29,30)/t15-,18-,19-,20-,23-/m1/s1. The quantitative estimate of drug-likeness (QED) is 0.154. The Labute approximate surface area is 207 Å². The highest BCUT2D eigenvalue weighted by Gasteiger charge is 2.45. The lowest BCUT2D eigenvalue weighted by atomic mass is 9.94. The number of carboxylic acid groups (broad SMARTS) is 1. The van der Waals surface area contributed by atoms with Crippen LogP contribution >= 0.6 is 0 Å². The van der Waals surface area contributed by atoms with Gasteiger partial charge < -0.3 is 54.4 Å². The minimum Gasteiger partial charge on any atom is -0.595 e. The summed E-state index contributed by atoms with van der Waals surface area (Å²) in [6, 6.07) is 5.34. The highest BCUT2D eigenvalue weighted by Crippen LogP contribution is 2.48. The molecule has 2 aliphatic heterocycles. The molecule has 6 atom stereocenters. The van der Waals surface area contributed by atoms with E-state index in [0.717, 1.165) is 0 Å². The fraction of sp³-hybridized carbons (Fsp3) is 0.348. The first kappa shape index (κ1) is 25.2. The van der Waals surface area contributed by atoms with Gasteiger partial charge in [0, 0.05) is 11.5 Å². The molecule has 14 nitrogen and oxygen atoms in total. The molecule has 37 heavy (non-hydrogen) atoms. The SMILES string of the molecule is COc1cc2cc([NH+]([O-])O)c3c(C(=O)O)cc4c(c3c2cc1O[C@@H]1O[C@H](CO)[C@@H](O)[C@@H](O)[C@H]1O)OCO4. The van der Waals surface area contributed by atoms with E-state index in [0.29, 0.717) is 10.8 Å². The van der Waals surface area contributed by atoms with Crippen molar-refractivity contribution in [1.82, 2.24) is 0 Å². The van der Waals surface area contributed by atoms with Gasteiger partial charge in [0.15, 0.2) is 28.7 Å². The molecule has 3 aromatic rings. The molecule has 7 N–H and O–H groups in total. The highest BCUT2D eigenvalue weighted by molar-refractivity contribution is 6.21. The molecule has 14 heteroatoms. The summed E-state index contributed by atoms with van der Waals surface area (Å²) in [5, 5.41) is 71.2. The van der Waals surface area contributed by atoms with Gasteiger partial charge in [-0.2, -0.15) is 5.23 Å². The number of rotatable bonds is 6. The predicted octanol–water partition coefficient (Wildman–Crippen LogP) is -0.989. The average molecular weight is 521 g/mol. The highest BCUT2D eigenvalue weighted by atomic mass is 16.8. The van der Waals surface area contributed by atoms with Gasteiger partial charge in [0.25, 0.3) is 0 Å². The Hall–Kier alpha value is -3.47. The van der Waals surface area contributed by atoms with Crippen LogP contribution in [0.4, 0.5) is 5.69 Å². The Morgan fingerprint density at radius 2 is 1.84 bits per heavy atom. The van der Waals surface area contributed by atoms with Crippen molar-refractivity contribution < 1.29 is 64.4 Å². The van der Waals surface area contributed by atoms with Crippen molar-refractivity contribution in [2.24, 2.45) is 0 Å². The zero-order valence-electron chi connectivity index (χ0n) is 19.2. The first-order valence-corrected chi connectivity index (χ1v) is 11.0. The molecule has 2 aliphatic rings. The van der Waals surface area contributed by atoms with Crippen molar-refractivity contribution in [1.29, 1.82) is 0 Å². The Kier molecular flexibility index (Phi) is 6.43. The summed E-state index contributed by atoms with van der Waals surface area (Å²) in [6.07, 6.45) is -7.74. The molecule has 1 fully saturated rings. The molecule has 0 aromatic heterocycles. The van der Waals surface area contributed by atoms with Crippen molar-refractivity contribution in [3.63, 3.8) is 0 Å². The van der Waals surface area contributed by atoms with E-state index in [1.54, 1.807) is 0 Å². The van der Waals surface area contributed by atoms with Crippen LogP contribution in [-0.4, -0.2) is 87.9 Å². The number of aliphatic hydroxyl groups is 4. The number of aliphatic hydroxyl groups excluding tert-OH is 4. The van der Waals surface area contributed by atoms with Crippen LogP contribution in [0.25, 0.3) is 21.5 Å². The van der Waals surface area contributed by atoms with Gasteiger partial charge in [-0.1, -0.05) is 0 Å². The second kappa shape index (κ2) is 9.44. The lowest BCUT2D eigenvalue weighted by Gasteiger charge is -2.39. The van der Waals surface area contributed by atoms with Crippen molar-refractivity contribution in [2.75, 3.05) is 20.5 Å². The maximum Gasteiger partial charge on any atom is 0.336 e. The van der Waals surface area contributed by atoms with Crippen molar-refractivity contribution in [2.45, 2.75) is 30.7 Å². The molecule has 0 aliphatic carbocycles. The lowest BCUT2D eigenvalue weighted by molar-refractivity contribution is -0.990. The number of benzene rings is 3. The Morgan fingerprint density at radius 3 is 2.49 bits per heavy atom. The minimum atomic E-state index is -1.70. The molecular weight excluding hydrogens is 498 g/mol. The Balaban J connectivity index is 1.75. The molecule has 198 valence electrons. The first-order valence-electron chi connectivity index (χ1n) is 11.0. The van der Waals surface area contributed by atoms with E-state index in [9.17, 15) is 40.7 Å². The second-order valence-electron chi connectivity index (χ2n) is 8.48. The summed E-state index contributed by atoms with van der Waals surface area (Å²) in [4.78, 5) is 12.1. The molecular formula is C23H23NO13. The number of carboxylic acids is 1. The van der Waals surface area contributed by atoms with E-state index in [4.69, 9.17) is 23.7 Å².